The first kappa shape index (κ1) is 15.1. The summed E-state index contributed by atoms with van der Waals surface area (Å²) < 4.78 is 29.6. The molecule has 0 unspecified atom stereocenters. The van der Waals surface area contributed by atoms with Crippen molar-refractivity contribution < 1.29 is 8.42 Å². The Bertz CT molecular complexity index is 725. The fourth-order valence-electron chi connectivity index (χ4n) is 2.17. The fraction of sp³-hybridized carbons (Fsp3) is 0.429. The molecule has 1 heterocycles. The van der Waals surface area contributed by atoms with Crippen LogP contribution in [0.2, 0.25) is 0 Å². The lowest BCUT2D eigenvalue weighted by Gasteiger charge is -2.16. The molecular weight excluding hydrogens is 302 g/mol. The monoisotopic (exact) mass is 321 g/mol. The molecule has 1 aromatic carbocycles. The van der Waals surface area contributed by atoms with Crippen LogP contribution < -0.4 is 4.72 Å². The molecule has 0 spiro atoms. The quantitative estimate of drug-likeness (QED) is 0.821. The highest BCUT2D eigenvalue weighted by atomic mass is 32.2. The van der Waals surface area contributed by atoms with E-state index in [4.69, 9.17) is 0 Å². The summed E-state index contributed by atoms with van der Waals surface area (Å²) in [7, 11) is -1.78. The summed E-state index contributed by atoms with van der Waals surface area (Å²) in [5.41, 5.74) is 1.77. The van der Waals surface area contributed by atoms with Crippen LogP contribution in [0.3, 0.4) is 0 Å². The Morgan fingerprint density at radius 3 is 2.73 bits per heavy atom. The molecule has 0 aliphatic heterocycles. The number of rotatable bonds is 7. The van der Waals surface area contributed by atoms with Crippen LogP contribution in [-0.4, -0.2) is 47.4 Å². The van der Waals surface area contributed by atoms with E-state index in [-0.39, 0.29) is 12.6 Å². The number of hydrogen-bond donors (Lipinski definition) is 1. The molecule has 1 aliphatic carbocycles. The molecule has 1 aromatic heterocycles. The highest BCUT2D eigenvalue weighted by Crippen LogP contribution is 2.26. The van der Waals surface area contributed by atoms with Gasteiger partial charge in [0.05, 0.1) is 12.7 Å². The van der Waals surface area contributed by atoms with Crippen LogP contribution >= 0.6 is 0 Å². The minimum atomic E-state index is -3.39. The van der Waals surface area contributed by atoms with E-state index in [2.05, 4.69) is 15.0 Å². The second-order valence-electron chi connectivity index (χ2n) is 5.38. The first-order chi connectivity index (χ1) is 10.6. The number of nitrogens with one attached hydrogen (secondary N) is 1. The molecule has 1 saturated carbocycles. The van der Waals surface area contributed by atoms with Crippen molar-refractivity contribution in [1.82, 2.24) is 24.0 Å². The molecule has 7 nitrogen and oxygen atoms in total. The lowest BCUT2D eigenvalue weighted by atomic mass is 10.2. The van der Waals surface area contributed by atoms with Crippen LogP contribution in [0, 0.1) is 0 Å². The highest BCUT2D eigenvalue weighted by molar-refractivity contribution is 7.87. The van der Waals surface area contributed by atoms with Crippen LogP contribution in [0.5, 0.6) is 0 Å². The first-order valence-electron chi connectivity index (χ1n) is 7.24. The van der Waals surface area contributed by atoms with E-state index < -0.39 is 10.2 Å². The maximum atomic E-state index is 12.0. The molecule has 8 heteroatoms. The summed E-state index contributed by atoms with van der Waals surface area (Å²) in [4.78, 5) is 0. The Morgan fingerprint density at radius 2 is 2.05 bits per heavy atom. The topological polar surface area (TPSA) is 80.1 Å². The van der Waals surface area contributed by atoms with E-state index >= 15 is 0 Å². The zero-order valence-corrected chi connectivity index (χ0v) is 13.2. The Hall–Kier alpha value is -1.77. The van der Waals surface area contributed by atoms with Gasteiger partial charge in [-0.3, -0.25) is 4.68 Å². The predicted molar refractivity (Wildman–Crippen MR) is 83.2 cm³/mol. The van der Waals surface area contributed by atoms with Crippen molar-refractivity contribution in [3.05, 3.63) is 36.5 Å². The fourth-order valence-corrected chi connectivity index (χ4v) is 3.33. The van der Waals surface area contributed by atoms with Crippen LogP contribution in [-0.2, 0) is 16.8 Å². The molecule has 0 atom stereocenters. The third-order valence-corrected chi connectivity index (χ3v) is 5.30. The van der Waals surface area contributed by atoms with Crippen molar-refractivity contribution in [2.75, 3.05) is 13.6 Å². The van der Waals surface area contributed by atoms with Gasteiger partial charge in [-0.25, -0.2) is 4.72 Å². The van der Waals surface area contributed by atoms with Gasteiger partial charge in [0.1, 0.15) is 5.69 Å². The second kappa shape index (κ2) is 6.15. The third kappa shape index (κ3) is 3.52. The molecule has 1 fully saturated rings. The van der Waals surface area contributed by atoms with Gasteiger partial charge in [-0.2, -0.15) is 12.7 Å². The number of nitrogens with zero attached hydrogens (tertiary/aromatic N) is 4. The van der Waals surface area contributed by atoms with Crippen molar-refractivity contribution in [1.29, 1.82) is 0 Å². The molecule has 0 amide bonds. The number of aromatic nitrogens is 3. The standard InChI is InChI=1S/C14H19N5O2S/c1-18(13-7-8-13)22(20,21)15-9-10-19-11-14(16-17-19)12-5-3-2-4-6-12/h2-6,11,13,15H,7-10H2,1H3. The molecule has 0 saturated heterocycles. The van der Waals surface area contributed by atoms with Crippen molar-refractivity contribution >= 4 is 10.2 Å². The molecule has 2 aromatic rings. The lowest BCUT2D eigenvalue weighted by molar-refractivity contribution is 0.448. The Kier molecular flexibility index (Phi) is 4.23. The Labute approximate surface area is 130 Å². The van der Waals surface area contributed by atoms with Gasteiger partial charge in [-0.15, -0.1) is 5.10 Å². The Balaban J connectivity index is 1.55. The molecule has 0 bridgehead atoms. The minimum absolute atomic E-state index is 0.161. The smallest absolute Gasteiger partial charge is 0.251 e. The van der Waals surface area contributed by atoms with Gasteiger partial charge < -0.3 is 0 Å². The molecule has 1 N–H and O–H groups in total. The van der Waals surface area contributed by atoms with Gasteiger partial charge in [-0.05, 0) is 12.8 Å². The second-order valence-corrected chi connectivity index (χ2v) is 7.19. The zero-order valence-electron chi connectivity index (χ0n) is 12.4. The van der Waals surface area contributed by atoms with Gasteiger partial charge in [0.2, 0.25) is 0 Å². The van der Waals surface area contributed by atoms with Gasteiger partial charge in [-0.1, -0.05) is 35.5 Å². The van der Waals surface area contributed by atoms with Gasteiger partial charge in [0, 0.05) is 25.2 Å². The van der Waals surface area contributed by atoms with Crippen LogP contribution in [0.15, 0.2) is 36.5 Å². The van der Waals surface area contributed by atoms with Gasteiger partial charge in [0.15, 0.2) is 0 Å². The third-order valence-electron chi connectivity index (χ3n) is 3.67. The summed E-state index contributed by atoms with van der Waals surface area (Å²) in [5, 5.41) is 8.12. The van der Waals surface area contributed by atoms with E-state index in [0.717, 1.165) is 24.1 Å². The zero-order chi connectivity index (χ0) is 15.6. The summed E-state index contributed by atoms with van der Waals surface area (Å²) in [6.07, 6.45) is 3.70. The van der Waals surface area contributed by atoms with Crippen molar-refractivity contribution in [2.45, 2.75) is 25.4 Å². The van der Waals surface area contributed by atoms with Crippen molar-refractivity contribution in [3.8, 4) is 11.3 Å². The largest absolute Gasteiger partial charge is 0.279 e. The van der Waals surface area contributed by atoms with Crippen LogP contribution in [0.4, 0.5) is 0 Å². The van der Waals surface area contributed by atoms with Gasteiger partial charge >= 0.3 is 0 Å². The SMILES string of the molecule is CN(C1CC1)S(=O)(=O)NCCn1cc(-c2ccccc2)nn1. The van der Waals surface area contributed by atoms with E-state index in [1.807, 2.05) is 36.5 Å². The van der Waals surface area contributed by atoms with E-state index in [9.17, 15) is 8.42 Å². The summed E-state index contributed by atoms with van der Waals surface area (Å²) >= 11 is 0. The lowest BCUT2D eigenvalue weighted by Crippen LogP contribution is -2.40. The maximum Gasteiger partial charge on any atom is 0.279 e. The average Bonchev–Trinajstić information content (AvgIpc) is 3.26. The maximum absolute atomic E-state index is 12.0. The summed E-state index contributed by atoms with van der Waals surface area (Å²) in [5.74, 6) is 0. The van der Waals surface area contributed by atoms with E-state index in [0.29, 0.717) is 6.54 Å². The minimum Gasteiger partial charge on any atom is -0.251 e. The molecule has 0 radical (unpaired) electrons. The molecule has 3 rings (SSSR count). The van der Waals surface area contributed by atoms with E-state index in [1.54, 1.807) is 11.7 Å². The normalized spacial score (nSPS) is 15.4. The summed E-state index contributed by atoms with van der Waals surface area (Å²) in [6.45, 7) is 0.731. The predicted octanol–water partition coefficient (Wildman–Crippen LogP) is 0.874. The Morgan fingerprint density at radius 1 is 1.32 bits per heavy atom. The van der Waals surface area contributed by atoms with Crippen molar-refractivity contribution in [2.24, 2.45) is 0 Å². The number of hydrogen-bond acceptors (Lipinski definition) is 4. The highest BCUT2D eigenvalue weighted by Gasteiger charge is 2.33. The summed E-state index contributed by atoms with van der Waals surface area (Å²) in [6, 6.07) is 9.91. The van der Waals surface area contributed by atoms with Crippen LogP contribution in [0.25, 0.3) is 11.3 Å². The molecule has 22 heavy (non-hydrogen) atoms. The molecular formula is C14H19N5O2S. The first-order valence-corrected chi connectivity index (χ1v) is 8.68. The van der Waals surface area contributed by atoms with E-state index in [1.165, 1.54) is 4.31 Å². The average molecular weight is 321 g/mol. The molecule has 118 valence electrons. The number of benzene rings is 1. The van der Waals surface area contributed by atoms with Crippen LogP contribution in [0.1, 0.15) is 12.8 Å². The molecule has 1 aliphatic rings. The van der Waals surface area contributed by atoms with Crippen molar-refractivity contribution in [3.63, 3.8) is 0 Å². The van der Waals surface area contributed by atoms with Gasteiger partial charge in [0.25, 0.3) is 10.2 Å².